The van der Waals surface area contributed by atoms with E-state index in [2.05, 4.69) is 32.7 Å². The first-order valence-electron chi connectivity index (χ1n) is 4.62. The molecule has 0 amide bonds. The van der Waals surface area contributed by atoms with Gasteiger partial charge in [0.1, 0.15) is 0 Å². The van der Waals surface area contributed by atoms with Crippen molar-refractivity contribution in [2.45, 2.75) is 39.5 Å². The van der Waals surface area contributed by atoms with Gasteiger partial charge in [-0.2, -0.15) is 0 Å². The lowest BCUT2D eigenvalue weighted by atomic mass is 9.90. The van der Waals surface area contributed by atoms with Crippen molar-refractivity contribution in [3.8, 4) is 0 Å². The van der Waals surface area contributed by atoms with Crippen LogP contribution in [0.25, 0.3) is 0 Å². The van der Waals surface area contributed by atoms with Gasteiger partial charge >= 0.3 is 0 Å². The highest BCUT2D eigenvalue weighted by Crippen LogP contribution is 2.31. The molecular formula is C10H18N2S. The summed E-state index contributed by atoms with van der Waals surface area (Å²) in [4.78, 5) is 5.88. The lowest BCUT2D eigenvalue weighted by Gasteiger charge is -2.20. The summed E-state index contributed by atoms with van der Waals surface area (Å²) in [6.07, 6.45) is 0.999. The average Bonchev–Trinajstić information content (AvgIpc) is 2.33. The van der Waals surface area contributed by atoms with E-state index in [4.69, 9.17) is 5.73 Å². The van der Waals surface area contributed by atoms with Gasteiger partial charge in [-0.3, -0.25) is 0 Å². The lowest BCUT2D eigenvalue weighted by molar-refractivity contribution is 0.484. The Hall–Kier alpha value is -0.410. The summed E-state index contributed by atoms with van der Waals surface area (Å²) in [5.41, 5.74) is 6.87. The van der Waals surface area contributed by atoms with E-state index < -0.39 is 0 Å². The minimum absolute atomic E-state index is 0.137. The molecular weight excluding hydrogens is 180 g/mol. The number of nitrogens with zero attached hydrogens (tertiary/aromatic N) is 1. The lowest BCUT2D eigenvalue weighted by Crippen LogP contribution is -2.21. The van der Waals surface area contributed by atoms with E-state index in [1.165, 1.54) is 9.88 Å². The van der Waals surface area contributed by atoms with E-state index >= 15 is 0 Å². The molecule has 0 bridgehead atoms. The minimum atomic E-state index is 0.137. The third-order valence-electron chi connectivity index (χ3n) is 2.38. The number of aromatic nitrogens is 1. The van der Waals surface area contributed by atoms with E-state index in [0.717, 1.165) is 18.7 Å². The summed E-state index contributed by atoms with van der Waals surface area (Å²) < 4.78 is 0. The van der Waals surface area contributed by atoms with Crippen LogP contribution in [0.2, 0.25) is 0 Å². The first-order valence-corrected chi connectivity index (χ1v) is 5.43. The van der Waals surface area contributed by atoms with E-state index in [1.54, 1.807) is 11.3 Å². The topological polar surface area (TPSA) is 38.9 Å². The van der Waals surface area contributed by atoms with Crippen molar-refractivity contribution in [3.63, 3.8) is 0 Å². The second kappa shape index (κ2) is 3.76. The Balaban J connectivity index is 2.93. The van der Waals surface area contributed by atoms with E-state index in [1.807, 2.05) is 0 Å². The maximum atomic E-state index is 5.57. The fraction of sp³-hybridized carbons (Fsp3) is 0.700. The van der Waals surface area contributed by atoms with Gasteiger partial charge in [0.2, 0.25) is 0 Å². The van der Waals surface area contributed by atoms with Crippen LogP contribution >= 0.6 is 11.3 Å². The Bertz CT molecular complexity index is 270. The van der Waals surface area contributed by atoms with Gasteiger partial charge < -0.3 is 5.73 Å². The largest absolute Gasteiger partial charge is 0.330 e. The van der Waals surface area contributed by atoms with Crippen molar-refractivity contribution in [2.75, 3.05) is 6.54 Å². The molecule has 1 aromatic rings. The van der Waals surface area contributed by atoms with Crippen LogP contribution in [0, 0.1) is 13.8 Å². The third kappa shape index (κ3) is 2.29. The van der Waals surface area contributed by atoms with Gasteiger partial charge in [-0.25, -0.2) is 4.98 Å². The highest BCUT2D eigenvalue weighted by molar-refractivity contribution is 7.11. The quantitative estimate of drug-likeness (QED) is 0.810. The Morgan fingerprint density at radius 3 is 2.38 bits per heavy atom. The number of aryl methyl sites for hydroxylation is 2. The summed E-state index contributed by atoms with van der Waals surface area (Å²) in [5.74, 6) is 0. The number of hydrogen-bond acceptors (Lipinski definition) is 3. The normalized spacial score (nSPS) is 12.1. The summed E-state index contributed by atoms with van der Waals surface area (Å²) in [5, 5.41) is 1.22. The molecule has 1 heterocycles. The predicted molar refractivity (Wildman–Crippen MR) is 58.3 cm³/mol. The van der Waals surface area contributed by atoms with E-state index in [-0.39, 0.29) is 5.41 Å². The molecule has 74 valence electrons. The molecule has 0 aliphatic carbocycles. The number of thiazole rings is 1. The zero-order valence-corrected chi connectivity index (χ0v) is 9.66. The van der Waals surface area contributed by atoms with Crippen LogP contribution in [0.3, 0.4) is 0 Å². The molecule has 0 saturated carbocycles. The zero-order valence-electron chi connectivity index (χ0n) is 8.85. The van der Waals surface area contributed by atoms with E-state index in [9.17, 15) is 0 Å². The van der Waals surface area contributed by atoms with Crippen LogP contribution < -0.4 is 5.73 Å². The second-order valence-electron chi connectivity index (χ2n) is 4.08. The second-order valence-corrected chi connectivity index (χ2v) is 5.29. The summed E-state index contributed by atoms with van der Waals surface area (Å²) in [6.45, 7) is 9.32. The van der Waals surface area contributed by atoms with Crippen LogP contribution in [-0.2, 0) is 5.41 Å². The Kier molecular flexibility index (Phi) is 3.09. The number of hydrogen-bond donors (Lipinski definition) is 1. The standard InChI is InChI=1S/C10H18N2S/c1-7-8(2)13-9(12-7)10(3,4)5-6-11/h5-6,11H2,1-4H3. The Labute approximate surface area is 84.2 Å². The van der Waals surface area contributed by atoms with Gasteiger partial charge in [0.05, 0.1) is 10.7 Å². The highest BCUT2D eigenvalue weighted by Gasteiger charge is 2.23. The molecule has 13 heavy (non-hydrogen) atoms. The number of nitrogens with two attached hydrogens (primary N) is 1. The van der Waals surface area contributed by atoms with Crippen LogP contribution in [0.5, 0.6) is 0 Å². The molecule has 0 spiro atoms. The van der Waals surface area contributed by atoms with Crippen LogP contribution in [0.1, 0.15) is 35.8 Å². The highest BCUT2D eigenvalue weighted by atomic mass is 32.1. The molecule has 0 aromatic carbocycles. The van der Waals surface area contributed by atoms with Crippen molar-refractivity contribution < 1.29 is 0 Å². The molecule has 0 atom stereocenters. The van der Waals surface area contributed by atoms with Gasteiger partial charge in [-0.1, -0.05) is 13.8 Å². The minimum Gasteiger partial charge on any atom is -0.330 e. The maximum Gasteiger partial charge on any atom is 0.0987 e. The SMILES string of the molecule is Cc1nc(C(C)(C)CCN)sc1C. The number of rotatable bonds is 3. The van der Waals surface area contributed by atoms with Gasteiger partial charge in [0, 0.05) is 10.3 Å². The van der Waals surface area contributed by atoms with Crippen molar-refractivity contribution >= 4 is 11.3 Å². The molecule has 0 unspecified atom stereocenters. The Morgan fingerprint density at radius 2 is 2.00 bits per heavy atom. The third-order valence-corrected chi connectivity index (χ3v) is 3.82. The molecule has 0 aliphatic heterocycles. The summed E-state index contributed by atoms with van der Waals surface area (Å²) in [7, 11) is 0. The monoisotopic (exact) mass is 198 g/mol. The fourth-order valence-corrected chi connectivity index (χ4v) is 2.27. The van der Waals surface area contributed by atoms with Crippen LogP contribution in [0.15, 0.2) is 0 Å². The van der Waals surface area contributed by atoms with Crippen molar-refractivity contribution in [1.29, 1.82) is 0 Å². The molecule has 2 nitrogen and oxygen atoms in total. The maximum absolute atomic E-state index is 5.57. The van der Waals surface area contributed by atoms with Gasteiger partial charge in [-0.15, -0.1) is 11.3 Å². The molecule has 1 rings (SSSR count). The first-order chi connectivity index (χ1) is 5.97. The average molecular weight is 198 g/mol. The molecule has 3 heteroatoms. The predicted octanol–water partition coefficient (Wildman–Crippen LogP) is 2.39. The molecule has 1 aromatic heterocycles. The molecule has 0 radical (unpaired) electrons. The van der Waals surface area contributed by atoms with Crippen molar-refractivity contribution in [3.05, 3.63) is 15.6 Å². The van der Waals surface area contributed by atoms with Gasteiger partial charge in [-0.05, 0) is 26.8 Å². The summed E-state index contributed by atoms with van der Waals surface area (Å²) in [6, 6.07) is 0. The van der Waals surface area contributed by atoms with Crippen LogP contribution in [0.4, 0.5) is 0 Å². The zero-order chi connectivity index (χ0) is 10.1. The Morgan fingerprint density at radius 1 is 1.38 bits per heavy atom. The molecule has 0 aliphatic rings. The molecule has 2 N–H and O–H groups in total. The van der Waals surface area contributed by atoms with Crippen molar-refractivity contribution in [1.82, 2.24) is 4.98 Å². The van der Waals surface area contributed by atoms with Gasteiger partial charge in [0.25, 0.3) is 0 Å². The fourth-order valence-electron chi connectivity index (χ4n) is 1.23. The van der Waals surface area contributed by atoms with E-state index in [0.29, 0.717) is 0 Å². The van der Waals surface area contributed by atoms with Crippen molar-refractivity contribution in [2.24, 2.45) is 5.73 Å². The smallest absolute Gasteiger partial charge is 0.0987 e. The van der Waals surface area contributed by atoms with Crippen LogP contribution in [-0.4, -0.2) is 11.5 Å². The van der Waals surface area contributed by atoms with Gasteiger partial charge in [0.15, 0.2) is 0 Å². The summed E-state index contributed by atoms with van der Waals surface area (Å²) >= 11 is 1.79. The first kappa shape index (κ1) is 10.7. The molecule has 0 saturated heterocycles. The molecule has 0 fully saturated rings.